The highest BCUT2D eigenvalue weighted by molar-refractivity contribution is 5.85. The van der Waals surface area contributed by atoms with Gasteiger partial charge in [-0.25, -0.2) is 0 Å². The number of rotatable bonds is 2. The van der Waals surface area contributed by atoms with Crippen LogP contribution in [0.25, 0.3) is 0 Å². The molecule has 4 nitrogen and oxygen atoms in total. The van der Waals surface area contributed by atoms with Crippen LogP contribution in [0.5, 0.6) is 0 Å². The Hall–Kier alpha value is -0.740. The minimum atomic E-state index is 0. The third-order valence-electron chi connectivity index (χ3n) is 0.724. The number of hydrogen-bond acceptors (Lipinski definition) is 2. The van der Waals surface area contributed by atoms with Gasteiger partial charge in [-0.15, -0.1) is 24.8 Å². The van der Waals surface area contributed by atoms with Gasteiger partial charge in [-0.05, 0) is 0 Å². The van der Waals surface area contributed by atoms with Crippen LogP contribution in [0.1, 0.15) is 0 Å². The van der Waals surface area contributed by atoms with E-state index in [0.717, 1.165) is 0 Å². The first-order valence-corrected chi connectivity index (χ1v) is 2.12. The quantitative estimate of drug-likeness (QED) is 0.668. The summed E-state index contributed by atoms with van der Waals surface area (Å²) >= 11 is 0. The number of aromatic amines is 1. The summed E-state index contributed by atoms with van der Waals surface area (Å²) < 4.78 is 0. The molecule has 1 rings (SSSR count). The predicted octanol–water partition coefficient (Wildman–Crippen LogP) is 0.822. The van der Waals surface area contributed by atoms with Gasteiger partial charge >= 0.3 is 0 Å². The molecule has 0 atom stereocenters. The molecule has 1 aromatic rings. The molecule has 0 spiro atoms. The Morgan fingerprint density at radius 2 is 2.30 bits per heavy atom. The highest BCUT2D eigenvalue weighted by atomic mass is 35.5. The van der Waals surface area contributed by atoms with E-state index in [2.05, 4.69) is 15.5 Å². The van der Waals surface area contributed by atoms with Crippen LogP contribution in [-0.2, 0) is 4.79 Å². The van der Waals surface area contributed by atoms with E-state index in [0.29, 0.717) is 12.1 Å². The van der Waals surface area contributed by atoms with E-state index in [1.54, 1.807) is 6.20 Å². The van der Waals surface area contributed by atoms with E-state index < -0.39 is 0 Å². The molecule has 1 heterocycles. The lowest BCUT2D eigenvalue weighted by molar-refractivity contribution is -0.105. The molecule has 0 bridgehead atoms. The first-order chi connectivity index (χ1) is 3.93. The van der Waals surface area contributed by atoms with Crippen molar-refractivity contribution in [2.45, 2.75) is 0 Å². The number of anilines is 1. The Bertz CT molecular complexity index is 165. The summed E-state index contributed by atoms with van der Waals surface area (Å²) in [5.74, 6) is 0. The van der Waals surface area contributed by atoms with Crippen LogP contribution in [0.4, 0.5) is 5.69 Å². The minimum Gasteiger partial charge on any atom is -0.326 e. The molecule has 0 saturated carbocycles. The maximum absolute atomic E-state index is 9.72. The molecule has 0 fully saturated rings. The zero-order valence-corrected chi connectivity index (χ0v) is 6.54. The third kappa shape index (κ3) is 3.32. The Morgan fingerprint density at radius 3 is 2.70 bits per heavy atom. The van der Waals surface area contributed by atoms with E-state index in [4.69, 9.17) is 0 Å². The minimum absolute atomic E-state index is 0. The summed E-state index contributed by atoms with van der Waals surface area (Å²) in [5, 5.41) is 8.55. The molecule has 0 aliphatic carbocycles. The maximum atomic E-state index is 9.72. The molecular formula is C4H7Cl2N3O. The van der Waals surface area contributed by atoms with E-state index in [1.165, 1.54) is 6.20 Å². The van der Waals surface area contributed by atoms with Crippen molar-refractivity contribution in [1.82, 2.24) is 10.2 Å². The normalized spacial score (nSPS) is 6.80. The Morgan fingerprint density at radius 1 is 1.60 bits per heavy atom. The second-order valence-corrected chi connectivity index (χ2v) is 1.25. The van der Waals surface area contributed by atoms with Gasteiger partial charge in [-0.2, -0.15) is 5.10 Å². The van der Waals surface area contributed by atoms with Gasteiger partial charge in [0, 0.05) is 6.20 Å². The van der Waals surface area contributed by atoms with Crippen LogP contribution in [0, 0.1) is 0 Å². The molecule has 0 aliphatic heterocycles. The van der Waals surface area contributed by atoms with Crippen LogP contribution >= 0.6 is 24.8 Å². The van der Waals surface area contributed by atoms with Gasteiger partial charge in [-0.3, -0.25) is 9.89 Å². The number of carbonyl (C=O) groups excluding carboxylic acids is 1. The van der Waals surface area contributed by atoms with Crippen molar-refractivity contribution in [2.24, 2.45) is 0 Å². The fraction of sp³-hybridized carbons (Fsp3) is 0. The largest absolute Gasteiger partial charge is 0.326 e. The number of nitrogens with one attached hydrogen (secondary N) is 2. The van der Waals surface area contributed by atoms with E-state index in [1.807, 2.05) is 0 Å². The van der Waals surface area contributed by atoms with E-state index in [-0.39, 0.29) is 24.8 Å². The number of aromatic nitrogens is 2. The van der Waals surface area contributed by atoms with Crippen molar-refractivity contribution in [2.75, 3.05) is 5.32 Å². The monoisotopic (exact) mass is 183 g/mol. The lowest BCUT2D eigenvalue weighted by Gasteiger charge is -1.83. The molecule has 1 aromatic heterocycles. The second-order valence-electron chi connectivity index (χ2n) is 1.25. The molecule has 0 radical (unpaired) electrons. The van der Waals surface area contributed by atoms with E-state index in [9.17, 15) is 4.79 Å². The van der Waals surface area contributed by atoms with Crippen LogP contribution in [0.3, 0.4) is 0 Å². The third-order valence-corrected chi connectivity index (χ3v) is 0.724. The summed E-state index contributed by atoms with van der Waals surface area (Å²) in [7, 11) is 0. The van der Waals surface area contributed by atoms with Crippen molar-refractivity contribution >= 4 is 36.9 Å². The van der Waals surface area contributed by atoms with Crippen molar-refractivity contribution in [3.8, 4) is 0 Å². The smallest absolute Gasteiger partial charge is 0.211 e. The number of amides is 1. The van der Waals surface area contributed by atoms with Crippen LogP contribution < -0.4 is 5.32 Å². The molecule has 10 heavy (non-hydrogen) atoms. The first kappa shape index (κ1) is 12.0. The summed E-state index contributed by atoms with van der Waals surface area (Å²) in [6, 6.07) is 0. The Kier molecular flexibility index (Phi) is 7.65. The summed E-state index contributed by atoms with van der Waals surface area (Å²) in [6.45, 7) is 0. The topological polar surface area (TPSA) is 57.8 Å². The van der Waals surface area contributed by atoms with Crippen molar-refractivity contribution in [1.29, 1.82) is 0 Å². The van der Waals surface area contributed by atoms with Crippen LogP contribution in [0.2, 0.25) is 0 Å². The number of H-pyrrole nitrogens is 1. The molecule has 1 amide bonds. The fourth-order valence-electron chi connectivity index (χ4n) is 0.398. The lowest BCUT2D eigenvalue weighted by atomic mass is 10.6. The molecule has 0 unspecified atom stereocenters. The molecule has 0 aromatic carbocycles. The van der Waals surface area contributed by atoms with E-state index >= 15 is 0 Å². The van der Waals surface area contributed by atoms with Crippen LogP contribution in [0.15, 0.2) is 12.4 Å². The highest BCUT2D eigenvalue weighted by Gasteiger charge is 1.84. The second kappa shape index (κ2) is 6.38. The van der Waals surface area contributed by atoms with Crippen molar-refractivity contribution in [3.63, 3.8) is 0 Å². The Balaban J connectivity index is 0. The SMILES string of the molecule is Cl.Cl.O=CNc1cn[nH]c1. The van der Waals surface area contributed by atoms with Crippen molar-refractivity contribution in [3.05, 3.63) is 12.4 Å². The number of nitrogens with zero attached hydrogens (tertiary/aromatic N) is 1. The summed E-state index contributed by atoms with van der Waals surface area (Å²) in [6.07, 6.45) is 3.72. The molecule has 0 aliphatic rings. The van der Waals surface area contributed by atoms with Crippen LogP contribution in [-0.4, -0.2) is 16.6 Å². The van der Waals surface area contributed by atoms with Gasteiger partial charge in [0.1, 0.15) is 0 Å². The highest BCUT2D eigenvalue weighted by Crippen LogP contribution is 1.96. The molecule has 2 N–H and O–H groups in total. The Labute approximate surface area is 70.2 Å². The van der Waals surface area contributed by atoms with Crippen molar-refractivity contribution < 1.29 is 4.79 Å². The van der Waals surface area contributed by atoms with Gasteiger partial charge in [0.25, 0.3) is 0 Å². The predicted molar refractivity (Wildman–Crippen MR) is 42.8 cm³/mol. The zero-order valence-electron chi connectivity index (χ0n) is 4.90. The molecule has 6 heteroatoms. The van der Waals surface area contributed by atoms with Gasteiger partial charge in [0.05, 0.1) is 11.9 Å². The zero-order chi connectivity index (χ0) is 5.82. The van der Waals surface area contributed by atoms with Gasteiger partial charge < -0.3 is 5.32 Å². The lowest BCUT2D eigenvalue weighted by Crippen LogP contribution is -1.89. The number of halogens is 2. The average molecular weight is 184 g/mol. The average Bonchev–Trinajstić information content (AvgIpc) is 2.19. The fourth-order valence-corrected chi connectivity index (χ4v) is 0.398. The maximum Gasteiger partial charge on any atom is 0.211 e. The standard InChI is InChI=1S/C4H5N3O.2ClH/c8-3-5-4-1-6-7-2-4;;/h1-3H,(H,5,8)(H,6,7);2*1H. The number of carbonyl (C=O) groups is 1. The number of hydrogen-bond donors (Lipinski definition) is 2. The summed E-state index contributed by atoms with van der Waals surface area (Å²) in [5.41, 5.74) is 0.681. The molecule has 0 saturated heterocycles. The van der Waals surface area contributed by atoms with Gasteiger partial charge in [-0.1, -0.05) is 0 Å². The van der Waals surface area contributed by atoms with Gasteiger partial charge in [0.2, 0.25) is 6.41 Å². The molecule has 58 valence electrons. The molecular weight excluding hydrogens is 177 g/mol. The summed E-state index contributed by atoms with van der Waals surface area (Å²) in [4.78, 5) is 9.72. The van der Waals surface area contributed by atoms with Gasteiger partial charge in [0.15, 0.2) is 0 Å². The first-order valence-electron chi connectivity index (χ1n) is 2.12.